The van der Waals surface area contributed by atoms with E-state index in [2.05, 4.69) is 22.4 Å². The molecule has 1 amide bonds. The number of fused-ring (bicyclic) bond motifs is 1. The Kier molecular flexibility index (Phi) is 7.66. The second-order valence-corrected chi connectivity index (χ2v) is 9.40. The van der Waals surface area contributed by atoms with Crippen LogP contribution in [0.5, 0.6) is 5.75 Å². The van der Waals surface area contributed by atoms with Crippen molar-refractivity contribution in [1.29, 1.82) is 0 Å². The highest BCUT2D eigenvalue weighted by molar-refractivity contribution is 7.99. The van der Waals surface area contributed by atoms with Gasteiger partial charge in [-0.05, 0) is 55.9 Å². The Morgan fingerprint density at radius 2 is 2.00 bits per heavy atom. The fraction of sp³-hybridized carbons (Fsp3) is 0.391. The number of thioether (sulfide) groups is 1. The van der Waals surface area contributed by atoms with E-state index in [9.17, 15) is 9.59 Å². The SMILES string of the molecule is CCOC(=O)c1c(NC(=O)CSc2nnc(COc3ccc(CC)cc3)o2)sc2c1CCC2. The second kappa shape index (κ2) is 10.8. The molecule has 4 rings (SSSR count). The molecule has 0 radical (unpaired) electrons. The molecule has 1 aliphatic rings. The quantitative estimate of drug-likeness (QED) is 0.325. The van der Waals surface area contributed by atoms with Crippen LogP contribution < -0.4 is 10.1 Å². The van der Waals surface area contributed by atoms with E-state index >= 15 is 0 Å². The van der Waals surface area contributed by atoms with Crippen LogP contribution in [0.25, 0.3) is 0 Å². The summed E-state index contributed by atoms with van der Waals surface area (Å²) in [5, 5.41) is 11.6. The number of aryl methyl sites for hydroxylation is 2. The first-order valence-corrected chi connectivity index (χ1v) is 12.7. The van der Waals surface area contributed by atoms with Gasteiger partial charge >= 0.3 is 5.97 Å². The molecule has 0 unspecified atom stereocenters. The number of thiophene rings is 1. The number of hydrogen-bond donors (Lipinski definition) is 1. The molecule has 8 nitrogen and oxygen atoms in total. The molecule has 0 saturated carbocycles. The lowest BCUT2D eigenvalue weighted by Crippen LogP contribution is -2.16. The van der Waals surface area contributed by atoms with Crippen LogP contribution in [0.3, 0.4) is 0 Å². The molecule has 0 bridgehead atoms. The predicted octanol–water partition coefficient (Wildman–Crippen LogP) is 4.67. The summed E-state index contributed by atoms with van der Waals surface area (Å²) < 4.78 is 16.4. The van der Waals surface area contributed by atoms with Gasteiger partial charge in [-0.3, -0.25) is 4.79 Å². The molecule has 1 aromatic carbocycles. The monoisotopic (exact) mass is 487 g/mol. The smallest absolute Gasteiger partial charge is 0.341 e. The first-order valence-electron chi connectivity index (χ1n) is 10.9. The second-order valence-electron chi connectivity index (χ2n) is 7.37. The van der Waals surface area contributed by atoms with Crippen LogP contribution in [0, 0.1) is 0 Å². The molecule has 10 heteroatoms. The molecule has 0 aliphatic heterocycles. The Balaban J connectivity index is 1.30. The number of nitrogens with zero attached hydrogens (tertiary/aromatic N) is 2. The predicted molar refractivity (Wildman–Crippen MR) is 126 cm³/mol. The molecule has 1 N–H and O–H groups in total. The third-order valence-corrected chi connectivity index (χ3v) is 7.15. The highest BCUT2D eigenvalue weighted by Crippen LogP contribution is 2.39. The Morgan fingerprint density at radius 3 is 2.76 bits per heavy atom. The first kappa shape index (κ1) is 23.3. The lowest BCUT2D eigenvalue weighted by molar-refractivity contribution is -0.113. The number of amides is 1. The van der Waals surface area contributed by atoms with Gasteiger partial charge in [0.1, 0.15) is 10.8 Å². The zero-order valence-electron chi connectivity index (χ0n) is 18.5. The van der Waals surface area contributed by atoms with Crippen LogP contribution in [0.15, 0.2) is 33.9 Å². The van der Waals surface area contributed by atoms with Crippen molar-refractivity contribution in [2.45, 2.75) is 51.4 Å². The lowest BCUT2D eigenvalue weighted by Gasteiger charge is -2.07. The first-order chi connectivity index (χ1) is 16.1. The standard InChI is InChI=1S/C23H25N3O5S2/c1-3-14-8-10-15(11-9-14)30-12-19-25-26-23(31-19)32-13-18(27)24-21-20(22(28)29-4-2)16-6-5-7-17(16)33-21/h8-11H,3-7,12-13H2,1-2H3,(H,24,27). The molecule has 2 heterocycles. The van der Waals surface area contributed by atoms with Gasteiger partial charge in [0.05, 0.1) is 17.9 Å². The van der Waals surface area contributed by atoms with Crippen molar-refractivity contribution in [1.82, 2.24) is 10.2 Å². The third-order valence-electron chi connectivity index (χ3n) is 5.12. The minimum absolute atomic E-state index is 0.0752. The van der Waals surface area contributed by atoms with Crippen molar-refractivity contribution in [2.24, 2.45) is 0 Å². The van der Waals surface area contributed by atoms with Gasteiger partial charge in [-0.25, -0.2) is 4.79 Å². The van der Waals surface area contributed by atoms with Crippen LogP contribution in [0.4, 0.5) is 5.00 Å². The summed E-state index contributed by atoms with van der Waals surface area (Å²) in [6, 6.07) is 7.83. The number of carbonyl (C=O) groups excluding carboxylic acids is 2. The number of rotatable bonds is 10. The maximum Gasteiger partial charge on any atom is 0.341 e. The molecule has 3 aromatic rings. The molecular weight excluding hydrogens is 462 g/mol. The zero-order valence-corrected chi connectivity index (χ0v) is 20.1. The Morgan fingerprint density at radius 1 is 1.18 bits per heavy atom. The average molecular weight is 488 g/mol. The normalized spacial score (nSPS) is 12.4. The molecule has 33 heavy (non-hydrogen) atoms. The molecule has 174 valence electrons. The highest BCUT2D eigenvalue weighted by atomic mass is 32.2. The average Bonchev–Trinajstić information content (AvgIpc) is 3.53. The lowest BCUT2D eigenvalue weighted by atomic mass is 10.1. The van der Waals surface area contributed by atoms with Crippen LogP contribution in [-0.4, -0.2) is 34.4 Å². The molecule has 2 aromatic heterocycles. The summed E-state index contributed by atoms with van der Waals surface area (Å²) >= 11 is 2.58. The fourth-order valence-corrected chi connectivity index (χ4v) is 5.40. The molecule has 1 aliphatic carbocycles. The van der Waals surface area contributed by atoms with Crippen LogP contribution in [0.2, 0.25) is 0 Å². The zero-order chi connectivity index (χ0) is 23.2. The van der Waals surface area contributed by atoms with E-state index in [1.165, 1.54) is 16.9 Å². The van der Waals surface area contributed by atoms with E-state index in [1.807, 2.05) is 24.3 Å². The Labute approximate surface area is 200 Å². The number of benzene rings is 1. The van der Waals surface area contributed by atoms with E-state index in [0.29, 0.717) is 23.1 Å². The van der Waals surface area contributed by atoms with Crippen molar-refractivity contribution in [2.75, 3.05) is 17.7 Å². The van der Waals surface area contributed by atoms with Crippen LogP contribution >= 0.6 is 23.1 Å². The van der Waals surface area contributed by atoms with Gasteiger partial charge in [0.2, 0.25) is 5.91 Å². The topological polar surface area (TPSA) is 104 Å². The number of carbonyl (C=O) groups is 2. The number of anilines is 1. The Bertz CT molecular complexity index is 1120. The summed E-state index contributed by atoms with van der Waals surface area (Å²) in [5.74, 6) is 0.491. The molecular formula is C23H25N3O5S2. The summed E-state index contributed by atoms with van der Waals surface area (Å²) in [7, 11) is 0. The minimum atomic E-state index is -0.384. The van der Waals surface area contributed by atoms with Crippen molar-refractivity contribution < 1.29 is 23.5 Å². The van der Waals surface area contributed by atoms with Crippen molar-refractivity contribution in [3.8, 4) is 5.75 Å². The number of esters is 1. The van der Waals surface area contributed by atoms with Crippen LogP contribution in [-0.2, 0) is 35.4 Å². The van der Waals surface area contributed by atoms with Crippen LogP contribution in [0.1, 0.15) is 52.5 Å². The van der Waals surface area contributed by atoms with Gasteiger partial charge in [0.15, 0.2) is 6.61 Å². The maximum atomic E-state index is 12.5. The Hall–Kier alpha value is -2.85. The third kappa shape index (κ3) is 5.75. The summed E-state index contributed by atoms with van der Waals surface area (Å²) in [6.07, 6.45) is 3.74. The summed E-state index contributed by atoms with van der Waals surface area (Å²) in [6.45, 7) is 4.31. The minimum Gasteiger partial charge on any atom is -0.484 e. The largest absolute Gasteiger partial charge is 0.484 e. The number of aromatic nitrogens is 2. The van der Waals surface area contributed by atoms with Crippen molar-refractivity contribution in [3.63, 3.8) is 0 Å². The van der Waals surface area contributed by atoms with Gasteiger partial charge in [0, 0.05) is 4.88 Å². The van der Waals surface area contributed by atoms with E-state index in [1.54, 1.807) is 6.92 Å². The fourth-order valence-electron chi connectivity index (χ4n) is 3.52. The van der Waals surface area contributed by atoms with E-state index < -0.39 is 0 Å². The highest BCUT2D eigenvalue weighted by Gasteiger charge is 2.28. The summed E-state index contributed by atoms with van der Waals surface area (Å²) in [4.78, 5) is 26.1. The van der Waals surface area contributed by atoms with E-state index in [-0.39, 0.29) is 29.5 Å². The van der Waals surface area contributed by atoms with Gasteiger partial charge < -0.3 is 19.2 Å². The van der Waals surface area contributed by atoms with Gasteiger partial charge in [0.25, 0.3) is 11.1 Å². The van der Waals surface area contributed by atoms with Gasteiger partial charge in [-0.1, -0.05) is 30.8 Å². The molecule has 0 fully saturated rings. The molecule has 0 spiro atoms. The van der Waals surface area contributed by atoms with Crippen molar-refractivity contribution >= 4 is 40.0 Å². The maximum absolute atomic E-state index is 12.5. The van der Waals surface area contributed by atoms with Gasteiger partial charge in [-0.2, -0.15) is 0 Å². The van der Waals surface area contributed by atoms with E-state index in [0.717, 1.165) is 53.6 Å². The number of ether oxygens (including phenoxy) is 2. The van der Waals surface area contributed by atoms with E-state index in [4.69, 9.17) is 13.9 Å². The summed E-state index contributed by atoms with van der Waals surface area (Å²) in [5.41, 5.74) is 2.74. The number of hydrogen-bond acceptors (Lipinski definition) is 9. The molecule has 0 saturated heterocycles. The van der Waals surface area contributed by atoms with Crippen molar-refractivity contribution in [3.05, 3.63) is 51.7 Å². The van der Waals surface area contributed by atoms with Gasteiger partial charge in [-0.15, -0.1) is 21.5 Å². The molecule has 0 atom stereocenters. The number of nitrogens with one attached hydrogen (secondary N) is 1.